The van der Waals surface area contributed by atoms with E-state index in [0.717, 1.165) is 18.8 Å². The summed E-state index contributed by atoms with van der Waals surface area (Å²) in [5, 5.41) is 3.43. The zero-order chi connectivity index (χ0) is 8.93. The third-order valence-electron chi connectivity index (χ3n) is 2.55. The quantitative estimate of drug-likeness (QED) is 0.703. The molecule has 0 aliphatic carbocycles. The Hall–Kier alpha value is -0.960. The van der Waals surface area contributed by atoms with Crippen molar-refractivity contribution in [3.8, 4) is 0 Å². The van der Waals surface area contributed by atoms with Gasteiger partial charge in [-0.2, -0.15) is 0 Å². The molecule has 1 aliphatic heterocycles. The van der Waals surface area contributed by atoms with E-state index in [-0.39, 0.29) is 0 Å². The number of nitrogens with zero attached hydrogens (tertiary/aromatic N) is 2. The van der Waals surface area contributed by atoms with Crippen molar-refractivity contribution in [2.75, 3.05) is 13.1 Å². The van der Waals surface area contributed by atoms with Crippen LogP contribution in [0.4, 0.5) is 0 Å². The molecule has 1 fully saturated rings. The Morgan fingerprint density at radius 3 is 3.15 bits per heavy atom. The van der Waals surface area contributed by atoms with E-state index >= 15 is 0 Å². The minimum absolute atomic E-state index is 0.566. The van der Waals surface area contributed by atoms with Crippen molar-refractivity contribution in [3.05, 3.63) is 24.3 Å². The average Bonchev–Trinajstić information content (AvgIpc) is 2.47. The molecule has 1 aromatic heterocycles. The standard InChI is InChI=1S/C10H15N3/c1-2-4-11-7-9(3-1)10-8-12-5-6-13-10/h5-6,8-9,11H,1-4,7H2/t9-/m0/s1. The van der Waals surface area contributed by atoms with E-state index < -0.39 is 0 Å². The van der Waals surface area contributed by atoms with Gasteiger partial charge >= 0.3 is 0 Å². The predicted octanol–water partition coefficient (Wildman–Crippen LogP) is 1.33. The Morgan fingerprint density at radius 2 is 2.31 bits per heavy atom. The van der Waals surface area contributed by atoms with Gasteiger partial charge in [0.25, 0.3) is 0 Å². The van der Waals surface area contributed by atoms with Crippen molar-refractivity contribution in [1.82, 2.24) is 15.3 Å². The monoisotopic (exact) mass is 177 g/mol. The predicted molar refractivity (Wildman–Crippen MR) is 51.5 cm³/mol. The molecule has 3 heteroatoms. The van der Waals surface area contributed by atoms with Crippen molar-refractivity contribution in [3.63, 3.8) is 0 Å². The molecule has 1 aromatic rings. The molecule has 0 radical (unpaired) electrons. The molecule has 2 heterocycles. The minimum Gasteiger partial charge on any atom is -0.316 e. The summed E-state index contributed by atoms with van der Waals surface area (Å²) in [4.78, 5) is 8.44. The molecule has 0 bridgehead atoms. The van der Waals surface area contributed by atoms with Gasteiger partial charge in [0, 0.05) is 31.1 Å². The van der Waals surface area contributed by atoms with Crippen LogP contribution in [0.3, 0.4) is 0 Å². The first kappa shape index (κ1) is 8.63. The summed E-state index contributed by atoms with van der Waals surface area (Å²) in [6, 6.07) is 0. The van der Waals surface area contributed by atoms with E-state index in [2.05, 4.69) is 15.3 Å². The van der Waals surface area contributed by atoms with Crippen LogP contribution in [0.2, 0.25) is 0 Å². The first-order valence-electron chi connectivity index (χ1n) is 4.93. The lowest BCUT2D eigenvalue weighted by atomic mass is 10.0. The molecule has 0 aromatic carbocycles. The van der Waals surface area contributed by atoms with E-state index in [0.29, 0.717) is 5.92 Å². The van der Waals surface area contributed by atoms with Gasteiger partial charge < -0.3 is 5.32 Å². The molecule has 2 rings (SSSR count). The SMILES string of the molecule is c1cnc([C@H]2CCCCNC2)cn1. The summed E-state index contributed by atoms with van der Waals surface area (Å²) in [6.07, 6.45) is 9.22. The first-order valence-corrected chi connectivity index (χ1v) is 4.93. The minimum atomic E-state index is 0.566. The maximum absolute atomic E-state index is 4.34. The maximum Gasteiger partial charge on any atom is 0.0630 e. The fourth-order valence-corrected chi connectivity index (χ4v) is 1.79. The lowest BCUT2D eigenvalue weighted by Gasteiger charge is -2.12. The molecular formula is C10H15N3. The summed E-state index contributed by atoms with van der Waals surface area (Å²) in [5.74, 6) is 0.566. The van der Waals surface area contributed by atoms with E-state index in [1.165, 1.54) is 19.3 Å². The second-order valence-electron chi connectivity index (χ2n) is 3.53. The van der Waals surface area contributed by atoms with Crippen LogP contribution in [0.15, 0.2) is 18.6 Å². The van der Waals surface area contributed by atoms with Crippen molar-refractivity contribution >= 4 is 0 Å². The zero-order valence-corrected chi connectivity index (χ0v) is 7.74. The van der Waals surface area contributed by atoms with Crippen molar-refractivity contribution in [2.24, 2.45) is 0 Å². The highest BCUT2D eigenvalue weighted by molar-refractivity contribution is 5.04. The number of hydrogen-bond donors (Lipinski definition) is 1. The summed E-state index contributed by atoms with van der Waals surface area (Å²) < 4.78 is 0. The largest absolute Gasteiger partial charge is 0.316 e. The Balaban J connectivity index is 2.06. The van der Waals surface area contributed by atoms with Gasteiger partial charge in [-0.1, -0.05) is 6.42 Å². The van der Waals surface area contributed by atoms with Crippen LogP contribution in [0, 0.1) is 0 Å². The highest BCUT2D eigenvalue weighted by Gasteiger charge is 2.14. The lowest BCUT2D eigenvalue weighted by molar-refractivity contribution is 0.592. The van der Waals surface area contributed by atoms with Gasteiger partial charge in [0.2, 0.25) is 0 Å². The van der Waals surface area contributed by atoms with Crippen LogP contribution in [0.5, 0.6) is 0 Å². The lowest BCUT2D eigenvalue weighted by Crippen LogP contribution is -2.19. The number of aromatic nitrogens is 2. The Kier molecular flexibility index (Phi) is 2.87. The van der Waals surface area contributed by atoms with Gasteiger partial charge in [0.15, 0.2) is 0 Å². The fraction of sp³-hybridized carbons (Fsp3) is 0.600. The molecule has 0 amide bonds. The molecule has 70 valence electrons. The van der Waals surface area contributed by atoms with E-state index in [1.54, 1.807) is 12.4 Å². The van der Waals surface area contributed by atoms with Gasteiger partial charge in [-0.05, 0) is 19.4 Å². The molecule has 0 unspecified atom stereocenters. The Bertz CT molecular complexity index is 240. The summed E-state index contributed by atoms with van der Waals surface area (Å²) in [7, 11) is 0. The van der Waals surface area contributed by atoms with E-state index in [4.69, 9.17) is 0 Å². The van der Waals surface area contributed by atoms with Crippen LogP contribution in [0.25, 0.3) is 0 Å². The molecule has 3 nitrogen and oxygen atoms in total. The van der Waals surface area contributed by atoms with Crippen LogP contribution >= 0.6 is 0 Å². The smallest absolute Gasteiger partial charge is 0.0630 e. The molecule has 1 N–H and O–H groups in total. The van der Waals surface area contributed by atoms with Crippen LogP contribution in [-0.4, -0.2) is 23.1 Å². The first-order chi connectivity index (χ1) is 6.47. The highest BCUT2D eigenvalue weighted by Crippen LogP contribution is 2.20. The highest BCUT2D eigenvalue weighted by atomic mass is 14.9. The molecule has 13 heavy (non-hydrogen) atoms. The molecule has 1 atom stereocenters. The Morgan fingerprint density at radius 1 is 1.31 bits per heavy atom. The summed E-state index contributed by atoms with van der Waals surface area (Å²) in [5.41, 5.74) is 1.14. The molecule has 1 saturated heterocycles. The molecule has 1 aliphatic rings. The number of hydrogen-bond acceptors (Lipinski definition) is 3. The van der Waals surface area contributed by atoms with Crippen molar-refractivity contribution in [2.45, 2.75) is 25.2 Å². The van der Waals surface area contributed by atoms with Crippen LogP contribution in [0.1, 0.15) is 30.9 Å². The average molecular weight is 177 g/mol. The van der Waals surface area contributed by atoms with Crippen LogP contribution < -0.4 is 5.32 Å². The van der Waals surface area contributed by atoms with Crippen molar-refractivity contribution in [1.29, 1.82) is 0 Å². The zero-order valence-electron chi connectivity index (χ0n) is 7.74. The fourth-order valence-electron chi connectivity index (χ4n) is 1.79. The topological polar surface area (TPSA) is 37.8 Å². The number of rotatable bonds is 1. The normalized spacial score (nSPS) is 23.8. The van der Waals surface area contributed by atoms with Crippen molar-refractivity contribution < 1.29 is 0 Å². The summed E-state index contributed by atoms with van der Waals surface area (Å²) >= 11 is 0. The van der Waals surface area contributed by atoms with Gasteiger partial charge in [-0.3, -0.25) is 9.97 Å². The van der Waals surface area contributed by atoms with E-state index in [9.17, 15) is 0 Å². The van der Waals surface area contributed by atoms with Gasteiger partial charge in [-0.25, -0.2) is 0 Å². The molecular weight excluding hydrogens is 162 g/mol. The molecule has 0 spiro atoms. The van der Waals surface area contributed by atoms with Crippen LogP contribution in [-0.2, 0) is 0 Å². The third kappa shape index (κ3) is 2.25. The Labute approximate surface area is 78.6 Å². The van der Waals surface area contributed by atoms with Gasteiger partial charge in [-0.15, -0.1) is 0 Å². The van der Waals surface area contributed by atoms with Gasteiger partial charge in [0.1, 0.15) is 0 Å². The van der Waals surface area contributed by atoms with E-state index in [1.807, 2.05) is 6.20 Å². The second kappa shape index (κ2) is 4.33. The third-order valence-corrected chi connectivity index (χ3v) is 2.55. The number of nitrogens with one attached hydrogen (secondary N) is 1. The maximum atomic E-state index is 4.34. The molecule has 0 saturated carbocycles. The van der Waals surface area contributed by atoms with Gasteiger partial charge in [0.05, 0.1) is 5.69 Å². The second-order valence-corrected chi connectivity index (χ2v) is 3.53. The summed E-state index contributed by atoms with van der Waals surface area (Å²) in [6.45, 7) is 2.20.